The summed E-state index contributed by atoms with van der Waals surface area (Å²) in [7, 11) is 4.86. The van der Waals surface area contributed by atoms with Crippen molar-refractivity contribution in [3.8, 4) is 17.1 Å². The second kappa shape index (κ2) is 7.31. The van der Waals surface area contributed by atoms with E-state index in [1.807, 2.05) is 0 Å². The lowest BCUT2D eigenvalue weighted by atomic mass is 10.1. The Hall–Kier alpha value is -2.61. The summed E-state index contributed by atoms with van der Waals surface area (Å²) in [6.07, 6.45) is 0. The zero-order chi connectivity index (χ0) is 17.9. The predicted molar refractivity (Wildman–Crippen MR) is 88.8 cm³/mol. The molecule has 1 amide bonds. The van der Waals surface area contributed by atoms with Crippen molar-refractivity contribution in [2.24, 2.45) is 5.73 Å². The first kappa shape index (κ1) is 17.7. The maximum absolute atomic E-state index is 13.6. The van der Waals surface area contributed by atoms with E-state index in [2.05, 4.69) is 10.5 Å². The molecule has 2 aromatic rings. The van der Waals surface area contributed by atoms with Gasteiger partial charge in [-0.15, -0.1) is 0 Å². The van der Waals surface area contributed by atoms with Gasteiger partial charge in [0.2, 0.25) is 0 Å². The van der Waals surface area contributed by atoms with Crippen LogP contribution in [-0.2, 0) is 0 Å². The molecule has 1 heterocycles. The molecule has 8 heteroatoms. The molecule has 0 aliphatic rings. The number of carbonyl (C=O) groups is 1. The number of rotatable bonds is 6. The fourth-order valence-electron chi connectivity index (χ4n) is 2.13. The van der Waals surface area contributed by atoms with Crippen molar-refractivity contribution in [2.45, 2.75) is 13.0 Å². The average Bonchev–Trinajstić information content (AvgIpc) is 2.98. The largest absolute Gasteiger partial charge is 0.494 e. The van der Waals surface area contributed by atoms with Gasteiger partial charge in [0.05, 0.1) is 7.11 Å². The van der Waals surface area contributed by atoms with Crippen molar-refractivity contribution in [1.29, 1.82) is 0 Å². The van der Waals surface area contributed by atoms with Crippen LogP contribution in [0.25, 0.3) is 11.3 Å². The number of methoxy groups -OCH3 is 1. The molecule has 24 heavy (non-hydrogen) atoms. The van der Waals surface area contributed by atoms with Gasteiger partial charge < -0.3 is 25.2 Å². The minimum Gasteiger partial charge on any atom is -0.494 e. The standard InChI is InChI=1S/C16H21FN4O3/c1-9(18)8-19-16(22)13-14(24-20-15(13)21(2)3)10-5-6-11(17)12(7-10)23-4/h5-7,9H,8,18H2,1-4H3,(H,19,22). The van der Waals surface area contributed by atoms with Gasteiger partial charge in [-0.2, -0.15) is 0 Å². The first-order chi connectivity index (χ1) is 11.3. The molecule has 0 radical (unpaired) electrons. The van der Waals surface area contributed by atoms with Crippen molar-refractivity contribution in [3.63, 3.8) is 0 Å². The molecule has 0 aliphatic carbocycles. The van der Waals surface area contributed by atoms with Gasteiger partial charge in [-0.05, 0) is 25.1 Å². The molecule has 7 nitrogen and oxygen atoms in total. The van der Waals surface area contributed by atoms with Gasteiger partial charge in [0.1, 0.15) is 5.56 Å². The van der Waals surface area contributed by atoms with Crippen LogP contribution in [0.3, 0.4) is 0 Å². The van der Waals surface area contributed by atoms with Crippen molar-refractivity contribution in [1.82, 2.24) is 10.5 Å². The van der Waals surface area contributed by atoms with Gasteiger partial charge >= 0.3 is 0 Å². The molecule has 130 valence electrons. The Morgan fingerprint density at radius 1 is 1.50 bits per heavy atom. The van der Waals surface area contributed by atoms with Gasteiger partial charge in [0.25, 0.3) is 5.91 Å². The fourth-order valence-corrected chi connectivity index (χ4v) is 2.13. The Bertz CT molecular complexity index is 728. The maximum atomic E-state index is 13.6. The van der Waals surface area contributed by atoms with Gasteiger partial charge in [-0.3, -0.25) is 4.79 Å². The van der Waals surface area contributed by atoms with E-state index in [0.717, 1.165) is 0 Å². The summed E-state index contributed by atoms with van der Waals surface area (Å²) in [6.45, 7) is 2.09. The van der Waals surface area contributed by atoms with Crippen LogP contribution in [0.15, 0.2) is 22.7 Å². The fraction of sp³-hybridized carbons (Fsp3) is 0.375. The highest BCUT2D eigenvalue weighted by Crippen LogP contribution is 2.33. The smallest absolute Gasteiger partial charge is 0.259 e. The number of nitrogens with two attached hydrogens (primary N) is 1. The molecule has 1 aromatic carbocycles. The number of hydrogen-bond donors (Lipinski definition) is 2. The Morgan fingerprint density at radius 2 is 2.21 bits per heavy atom. The molecule has 0 bridgehead atoms. The molecule has 0 aliphatic heterocycles. The third kappa shape index (κ3) is 3.65. The number of benzene rings is 1. The number of amides is 1. The molecule has 0 saturated heterocycles. The third-order valence-electron chi connectivity index (χ3n) is 3.32. The van der Waals surface area contributed by atoms with Crippen LogP contribution in [0.4, 0.5) is 10.2 Å². The monoisotopic (exact) mass is 336 g/mol. The average molecular weight is 336 g/mol. The number of anilines is 1. The van der Waals surface area contributed by atoms with E-state index in [1.54, 1.807) is 25.9 Å². The summed E-state index contributed by atoms with van der Waals surface area (Å²) < 4.78 is 23.9. The quantitative estimate of drug-likeness (QED) is 0.833. The Morgan fingerprint density at radius 3 is 2.79 bits per heavy atom. The number of ether oxygens (including phenoxy) is 1. The zero-order valence-electron chi connectivity index (χ0n) is 14.1. The minimum absolute atomic E-state index is 0.0530. The summed E-state index contributed by atoms with van der Waals surface area (Å²) in [5, 5.41) is 6.68. The van der Waals surface area contributed by atoms with E-state index < -0.39 is 5.82 Å². The topological polar surface area (TPSA) is 93.6 Å². The third-order valence-corrected chi connectivity index (χ3v) is 3.32. The lowest BCUT2D eigenvalue weighted by Gasteiger charge is -2.12. The number of nitrogens with zero attached hydrogens (tertiary/aromatic N) is 2. The van der Waals surface area contributed by atoms with Crippen LogP contribution < -0.4 is 20.7 Å². The van der Waals surface area contributed by atoms with E-state index >= 15 is 0 Å². The molecule has 2 rings (SSSR count). The number of hydrogen-bond acceptors (Lipinski definition) is 6. The number of aromatic nitrogens is 1. The summed E-state index contributed by atoms with van der Waals surface area (Å²) in [5.41, 5.74) is 6.42. The molecular formula is C16H21FN4O3. The number of nitrogens with one attached hydrogen (secondary N) is 1. The van der Waals surface area contributed by atoms with Gasteiger partial charge in [-0.25, -0.2) is 4.39 Å². The van der Waals surface area contributed by atoms with Crippen LogP contribution in [0.1, 0.15) is 17.3 Å². The molecule has 1 unspecified atom stereocenters. The minimum atomic E-state index is -0.503. The highest BCUT2D eigenvalue weighted by Gasteiger charge is 2.26. The SMILES string of the molecule is COc1cc(-c2onc(N(C)C)c2C(=O)NCC(C)N)ccc1F. The summed E-state index contributed by atoms with van der Waals surface area (Å²) in [6, 6.07) is 4.01. The first-order valence-corrected chi connectivity index (χ1v) is 7.39. The second-order valence-electron chi connectivity index (χ2n) is 5.64. The van der Waals surface area contributed by atoms with E-state index in [0.29, 0.717) is 17.9 Å². The summed E-state index contributed by atoms with van der Waals surface area (Å²) in [4.78, 5) is 14.2. The molecule has 1 atom stereocenters. The van der Waals surface area contributed by atoms with E-state index in [4.69, 9.17) is 15.0 Å². The number of carbonyl (C=O) groups excluding carboxylic acids is 1. The van der Waals surface area contributed by atoms with Crippen LogP contribution >= 0.6 is 0 Å². The maximum Gasteiger partial charge on any atom is 0.259 e. The van der Waals surface area contributed by atoms with Crippen LogP contribution in [-0.4, -0.2) is 44.9 Å². The van der Waals surface area contributed by atoms with Gasteiger partial charge in [0.15, 0.2) is 23.1 Å². The van der Waals surface area contributed by atoms with Crippen molar-refractivity contribution < 1.29 is 18.4 Å². The van der Waals surface area contributed by atoms with E-state index in [9.17, 15) is 9.18 Å². The van der Waals surface area contributed by atoms with Crippen LogP contribution in [0.2, 0.25) is 0 Å². The second-order valence-corrected chi connectivity index (χ2v) is 5.64. The molecule has 0 spiro atoms. The van der Waals surface area contributed by atoms with Gasteiger partial charge in [-0.1, -0.05) is 5.16 Å². The van der Waals surface area contributed by atoms with Crippen molar-refractivity contribution >= 4 is 11.7 Å². The van der Waals surface area contributed by atoms with Crippen molar-refractivity contribution in [2.75, 3.05) is 32.6 Å². The Balaban J connectivity index is 2.49. The predicted octanol–water partition coefficient (Wildman–Crippen LogP) is 1.63. The Labute approximate surface area is 139 Å². The molecule has 0 fully saturated rings. The summed E-state index contributed by atoms with van der Waals surface area (Å²) >= 11 is 0. The van der Waals surface area contributed by atoms with Gasteiger partial charge in [0, 0.05) is 32.2 Å². The van der Waals surface area contributed by atoms with E-state index in [1.165, 1.54) is 25.3 Å². The highest BCUT2D eigenvalue weighted by atomic mass is 19.1. The number of halogens is 1. The Kier molecular flexibility index (Phi) is 5.40. The first-order valence-electron chi connectivity index (χ1n) is 7.39. The zero-order valence-corrected chi connectivity index (χ0v) is 14.1. The molecule has 1 aromatic heterocycles. The lowest BCUT2D eigenvalue weighted by Crippen LogP contribution is -2.35. The lowest BCUT2D eigenvalue weighted by molar-refractivity contribution is 0.0952. The molecular weight excluding hydrogens is 315 g/mol. The molecule has 0 saturated carbocycles. The van der Waals surface area contributed by atoms with Crippen molar-refractivity contribution in [3.05, 3.63) is 29.6 Å². The molecule has 3 N–H and O–H groups in total. The highest BCUT2D eigenvalue weighted by molar-refractivity contribution is 6.04. The van der Waals surface area contributed by atoms with E-state index in [-0.39, 0.29) is 29.0 Å². The van der Waals surface area contributed by atoms with Crippen LogP contribution in [0, 0.1) is 5.82 Å². The van der Waals surface area contributed by atoms with Crippen LogP contribution in [0.5, 0.6) is 5.75 Å². The normalized spacial score (nSPS) is 11.9. The summed E-state index contributed by atoms with van der Waals surface area (Å²) in [5.74, 6) is -0.209.